The first-order valence-corrected chi connectivity index (χ1v) is 9.06. The van der Waals surface area contributed by atoms with Crippen molar-refractivity contribution in [1.82, 2.24) is 4.90 Å². The van der Waals surface area contributed by atoms with E-state index in [1.54, 1.807) is 26.1 Å². The van der Waals surface area contributed by atoms with Crippen LogP contribution < -0.4 is 18.9 Å². The van der Waals surface area contributed by atoms with E-state index in [1.165, 1.54) is 37.3 Å². The van der Waals surface area contributed by atoms with Crippen molar-refractivity contribution in [3.8, 4) is 23.0 Å². The highest BCUT2D eigenvalue weighted by Crippen LogP contribution is 2.36. The minimum absolute atomic E-state index is 0.0637. The fraction of sp³-hybridized carbons (Fsp3) is 0.350. The molecule has 6 nitrogen and oxygen atoms in total. The molecule has 2 aromatic carbocycles. The van der Waals surface area contributed by atoms with Gasteiger partial charge >= 0.3 is 6.61 Å². The summed E-state index contributed by atoms with van der Waals surface area (Å²) in [5, 5.41) is 0.246. The molecule has 0 radical (unpaired) electrons. The molecule has 9 heteroatoms. The molecular formula is C20H22ClF2NO5. The van der Waals surface area contributed by atoms with Crippen LogP contribution in [-0.4, -0.2) is 45.3 Å². The van der Waals surface area contributed by atoms with Crippen LogP contribution in [0.2, 0.25) is 5.02 Å². The molecule has 29 heavy (non-hydrogen) atoms. The topological polar surface area (TPSA) is 57.2 Å². The second-order valence-electron chi connectivity index (χ2n) is 5.95. The van der Waals surface area contributed by atoms with Crippen molar-refractivity contribution in [3.63, 3.8) is 0 Å². The Bertz CT molecular complexity index is 863. The van der Waals surface area contributed by atoms with Gasteiger partial charge in [0.15, 0.2) is 23.0 Å². The Balaban J connectivity index is 2.23. The van der Waals surface area contributed by atoms with Crippen molar-refractivity contribution in [3.05, 3.63) is 46.5 Å². The fourth-order valence-electron chi connectivity index (χ4n) is 2.72. The van der Waals surface area contributed by atoms with Crippen LogP contribution in [0.1, 0.15) is 22.8 Å². The van der Waals surface area contributed by atoms with Crippen LogP contribution >= 0.6 is 11.6 Å². The van der Waals surface area contributed by atoms with Gasteiger partial charge in [0.2, 0.25) is 0 Å². The molecule has 0 unspecified atom stereocenters. The third-order valence-corrected chi connectivity index (χ3v) is 4.25. The quantitative estimate of drug-likeness (QED) is 0.581. The highest BCUT2D eigenvalue weighted by atomic mass is 35.5. The van der Waals surface area contributed by atoms with Crippen LogP contribution in [-0.2, 0) is 6.54 Å². The molecule has 0 spiro atoms. The number of ether oxygens (including phenoxy) is 4. The molecule has 0 saturated heterocycles. The maximum absolute atomic E-state index is 12.8. The summed E-state index contributed by atoms with van der Waals surface area (Å²) >= 11 is 6.17. The van der Waals surface area contributed by atoms with Gasteiger partial charge in [0.25, 0.3) is 5.91 Å². The SMILES string of the molecule is CCOc1cc(CN(C)C(=O)c2cc(Cl)c(OC)c(OC)c2)ccc1OC(F)F. The number of alkyl halides is 2. The van der Waals surface area contributed by atoms with Crippen molar-refractivity contribution in [2.45, 2.75) is 20.1 Å². The number of hydrogen-bond acceptors (Lipinski definition) is 5. The van der Waals surface area contributed by atoms with E-state index in [0.717, 1.165) is 0 Å². The molecule has 0 aliphatic rings. The van der Waals surface area contributed by atoms with Gasteiger partial charge in [-0.1, -0.05) is 17.7 Å². The summed E-state index contributed by atoms with van der Waals surface area (Å²) < 4.78 is 45.3. The monoisotopic (exact) mass is 429 g/mol. The predicted octanol–water partition coefficient (Wildman–Crippen LogP) is 4.63. The number of benzene rings is 2. The summed E-state index contributed by atoms with van der Waals surface area (Å²) in [4.78, 5) is 14.3. The first-order chi connectivity index (χ1) is 13.8. The van der Waals surface area contributed by atoms with E-state index >= 15 is 0 Å². The highest BCUT2D eigenvalue weighted by molar-refractivity contribution is 6.32. The van der Waals surface area contributed by atoms with Crippen molar-refractivity contribution in [1.29, 1.82) is 0 Å². The van der Waals surface area contributed by atoms with Gasteiger partial charge in [-0.25, -0.2) is 0 Å². The summed E-state index contributed by atoms with van der Waals surface area (Å²) in [6.45, 7) is -0.740. The van der Waals surface area contributed by atoms with Gasteiger partial charge in [-0.15, -0.1) is 0 Å². The molecule has 1 amide bonds. The Morgan fingerprint density at radius 1 is 1.10 bits per heavy atom. The van der Waals surface area contributed by atoms with E-state index < -0.39 is 6.61 Å². The molecule has 0 aliphatic carbocycles. The minimum atomic E-state index is -2.96. The molecule has 0 aromatic heterocycles. The average Bonchev–Trinajstić information content (AvgIpc) is 2.68. The van der Waals surface area contributed by atoms with Crippen LogP contribution in [0.4, 0.5) is 8.78 Å². The second-order valence-corrected chi connectivity index (χ2v) is 6.35. The Hall–Kier alpha value is -2.74. The van der Waals surface area contributed by atoms with E-state index in [0.29, 0.717) is 22.6 Å². The molecule has 0 fully saturated rings. The number of methoxy groups -OCH3 is 2. The van der Waals surface area contributed by atoms with Gasteiger partial charge < -0.3 is 23.8 Å². The lowest BCUT2D eigenvalue weighted by atomic mass is 10.1. The first kappa shape index (κ1) is 22.5. The summed E-state index contributed by atoms with van der Waals surface area (Å²) in [5.74, 6) is 0.485. The molecule has 0 saturated carbocycles. The zero-order valence-corrected chi connectivity index (χ0v) is 17.3. The number of rotatable bonds is 9. The van der Waals surface area contributed by atoms with Crippen LogP contribution in [0.3, 0.4) is 0 Å². The normalized spacial score (nSPS) is 10.6. The van der Waals surface area contributed by atoms with E-state index in [4.69, 9.17) is 25.8 Å². The zero-order chi connectivity index (χ0) is 21.6. The molecule has 158 valence electrons. The molecular weight excluding hydrogens is 408 g/mol. The van der Waals surface area contributed by atoms with E-state index in [-0.39, 0.29) is 35.6 Å². The number of halogens is 3. The van der Waals surface area contributed by atoms with Crippen LogP contribution in [0.15, 0.2) is 30.3 Å². The fourth-order valence-corrected chi connectivity index (χ4v) is 3.01. The van der Waals surface area contributed by atoms with Gasteiger partial charge in [-0.3, -0.25) is 4.79 Å². The van der Waals surface area contributed by atoms with Crippen LogP contribution in [0.5, 0.6) is 23.0 Å². The molecule has 0 heterocycles. The molecule has 0 atom stereocenters. The molecule has 2 aromatic rings. The van der Waals surface area contributed by atoms with E-state index in [9.17, 15) is 13.6 Å². The third-order valence-electron chi connectivity index (χ3n) is 3.97. The Morgan fingerprint density at radius 3 is 2.41 bits per heavy atom. The van der Waals surface area contributed by atoms with Gasteiger partial charge in [0, 0.05) is 19.2 Å². The number of hydrogen-bond donors (Lipinski definition) is 0. The lowest BCUT2D eigenvalue weighted by Gasteiger charge is -2.20. The van der Waals surface area contributed by atoms with Crippen LogP contribution in [0.25, 0.3) is 0 Å². The molecule has 0 N–H and O–H groups in total. The van der Waals surface area contributed by atoms with Crippen LogP contribution in [0, 0.1) is 0 Å². The zero-order valence-electron chi connectivity index (χ0n) is 16.5. The highest BCUT2D eigenvalue weighted by Gasteiger charge is 2.19. The largest absolute Gasteiger partial charge is 0.493 e. The van der Waals surface area contributed by atoms with Crippen molar-refractivity contribution in [2.75, 3.05) is 27.9 Å². The lowest BCUT2D eigenvalue weighted by molar-refractivity contribution is -0.0514. The predicted molar refractivity (Wildman–Crippen MR) is 105 cm³/mol. The first-order valence-electron chi connectivity index (χ1n) is 8.68. The smallest absolute Gasteiger partial charge is 0.387 e. The Labute approximate surface area is 172 Å². The van der Waals surface area contributed by atoms with Crippen molar-refractivity contribution in [2.24, 2.45) is 0 Å². The van der Waals surface area contributed by atoms with Crippen molar-refractivity contribution < 1.29 is 32.5 Å². The maximum Gasteiger partial charge on any atom is 0.387 e. The molecule has 0 aliphatic heterocycles. The van der Waals surface area contributed by atoms with Gasteiger partial charge in [0.05, 0.1) is 25.8 Å². The Morgan fingerprint density at radius 2 is 1.83 bits per heavy atom. The molecule has 0 bridgehead atoms. The lowest BCUT2D eigenvalue weighted by Crippen LogP contribution is -2.26. The second kappa shape index (κ2) is 10.2. The number of amides is 1. The summed E-state index contributed by atoms with van der Waals surface area (Å²) in [6, 6.07) is 7.57. The summed E-state index contributed by atoms with van der Waals surface area (Å²) in [7, 11) is 4.51. The van der Waals surface area contributed by atoms with E-state index in [2.05, 4.69) is 4.74 Å². The third kappa shape index (κ3) is 5.63. The van der Waals surface area contributed by atoms with Gasteiger partial charge in [0.1, 0.15) is 0 Å². The van der Waals surface area contributed by atoms with Gasteiger partial charge in [-0.2, -0.15) is 8.78 Å². The van der Waals surface area contributed by atoms with E-state index in [1.807, 2.05) is 0 Å². The average molecular weight is 430 g/mol. The summed E-state index contributed by atoms with van der Waals surface area (Å²) in [6.07, 6.45) is 0. The minimum Gasteiger partial charge on any atom is -0.493 e. The Kier molecular flexibility index (Phi) is 7.90. The summed E-state index contributed by atoms with van der Waals surface area (Å²) in [5.41, 5.74) is 0.996. The van der Waals surface area contributed by atoms with Gasteiger partial charge in [-0.05, 0) is 36.8 Å². The molecule has 2 rings (SSSR count). The maximum atomic E-state index is 12.8. The number of carbonyl (C=O) groups excluding carboxylic acids is 1. The number of carbonyl (C=O) groups is 1. The van der Waals surface area contributed by atoms with Crippen molar-refractivity contribution >= 4 is 17.5 Å². The standard InChI is InChI=1S/C20H22ClF2NO5/c1-5-28-16-8-12(6-7-15(16)29-20(22)23)11-24(2)19(25)13-9-14(21)18(27-4)17(10-13)26-3/h6-10,20H,5,11H2,1-4H3. The number of nitrogens with zero attached hydrogens (tertiary/aromatic N) is 1.